The number of allylic oxidation sites excluding steroid dienone is 1. The molecule has 0 spiro atoms. The molecule has 1 rings (SSSR count). The summed E-state index contributed by atoms with van der Waals surface area (Å²) in [5.41, 5.74) is 0. The van der Waals surface area contributed by atoms with Gasteiger partial charge < -0.3 is 4.74 Å². The molecule has 0 saturated carbocycles. The third-order valence-electron chi connectivity index (χ3n) is 1.43. The summed E-state index contributed by atoms with van der Waals surface area (Å²) in [6.45, 7) is 2.04. The largest absolute Gasteiger partial charge is 0.465 e. The van der Waals surface area contributed by atoms with Crippen LogP contribution in [0.4, 0.5) is 0 Å². The van der Waals surface area contributed by atoms with Crippen LogP contribution in [0.25, 0.3) is 0 Å². The molecule has 0 atom stereocenters. The number of benzene rings is 1. The fraction of sp³-hybridized carbons (Fsp3) is 0.200. The van der Waals surface area contributed by atoms with Crippen LogP contribution in [0, 0.1) is 0 Å². The summed E-state index contributed by atoms with van der Waals surface area (Å²) < 4.78 is 5.26. The predicted octanol–water partition coefficient (Wildman–Crippen LogP) is 4.30. The number of ether oxygens (including phenoxy) is 1. The lowest BCUT2D eigenvalue weighted by molar-refractivity contribution is 0.479. The zero-order valence-corrected chi connectivity index (χ0v) is 8.77. The molecule has 0 bridgehead atoms. The first-order valence-electron chi connectivity index (χ1n) is 4.00. The number of hydrogen-bond donors (Lipinski definition) is 0. The number of halogens is 2. The van der Waals surface area contributed by atoms with Crippen molar-refractivity contribution in [1.82, 2.24) is 0 Å². The second kappa shape index (κ2) is 5.15. The van der Waals surface area contributed by atoms with Gasteiger partial charge in [-0.15, -0.1) is 0 Å². The monoisotopic (exact) mass is 216 g/mol. The highest BCUT2D eigenvalue weighted by atomic mass is 35.5. The van der Waals surface area contributed by atoms with E-state index in [2.05, 4.69) is 0 Å². The van der Waals surface area contributed by atoms with Crippen LogP contribution in [-0.4, -0.2) is 0 Å². The molecule has 0 radical (unpaired) electrons. The Bertz CT molecular complexity index is 308. The van der Waals surface area contributed by atoms with E-state index in [4.69, 9.17) is 27.9 Å². The van der Waals surface area contributed by atoms with Crippen LogP contribution in [0.15, 0.2) is 30.5 Å². The van der Waals surface area contributed by atoms with Gasteiger partial charge in [0.25, 0.3) is 0 Å². The van der Waals surface area contributed by atoms with Crippen LogP contribution < -0.4 is 4.74 Å². The minimum absolute atomic E-state index is 0.504. The van der Waals surface area contributed by atoms with Crippen LogP contribution in [0.3, 0.4) is 0 Å². The standard InChI is InChI=1S/C10H10Cl2O/c1-2-3-6-13-8-4-5-9(11)10(12)7-8/h3-7H,2H2,1H3/b6-3+. The van der Waals surface area contributed by atoms with E-state index in [9.17, 15) is 0 Å². The van der Waals surface area contributed by atoms with E-state index in [1.807, 2.05) is 13.0 Å². The van der Waals surface area contributed by atoms with Crippen molar-refractivity contribution in [2.75, 3.05) is 0 Å². The van der Waals surface area contributed by atoms with E-state index < -0.39 is 0 Å². The van der Waals surface area contributed by atoms with Gasteiger partial charge in [-0.05, 0) is 24.6 Å². The van der Waals surface area contributed by atoms with Crippen LogP contribution >= 0.6 is 23.2 Å². The molecule has 70 valence electrons. The quantitative estimate of drug-likeness (QED) is 0.686. The zero-order valence-electron chi connectivity index (χ0n) is 7.26. The Morgan fingerprint density at radius 3 is 2.69 bits per heavy atom. The third-order valence-corrected chi connectivity index (χ3v) is 2.17. The smallest absolute Gasteiger partial charge is 0.128 e. The highest BCUT2D eigenvalue weighted by molar-refractivity contribution is 6.42. The van der Waals surface area contributed by atoms with Gasteiger partial charge >= 0.3 is 0 Å². The normalized spacial score (nSPS) is 10.7. The highest BCUT2D eigenvalue weighted by Crippen LogP contribution is 2.26. The maximum atomic E-state index is 5.79. The predicted molar refractivity (Wildman–Crippen MR) is 56.5 cm³/mol. The molecule has 13 heavy (non-hydrogen) atoms. The average molecular weight is 217 g/mol. The molecular weight excluding hydrogens is 207 g/mol. The van der Waals surface area contributed by atoms with Gasteiger partial charge in [-0.3, -0.25) is 0 Å². The topological polar surface area (TPSA) is 9.23 Å². The molecular formula is C10H10Cl2O. The molecule has 0 aliphatic heterocycles. The van der Waals surface area contributed by atoms with Gasteiger partial charge in [0.1, 0.15) is 5.75 Å². The third kappa shape index (κ3) is 3.29. The van der Waals surface area contributed by atoms with E-state index in [1.54, 1.807) is 24.5 Å². The van der Waals surface area contributed by atoms with Crippen LogP contribution in [0.5, 0.6) is 5.75 Å². The summed E-state index contributed by atoms with van der Waals surface area (Å²) >= 11 is 11.5. The lowest BCUT2D eigenvalue weighted by Gasteiger charge is -2.01. The molecule has 0 saturated heterocycles. The highest BCUT2D eigenvalue weighted by Gasteiger charge is 1.98. The van der Waals surface area contributed by atoms with Gasteiger partial charge in [-0.1, -0.05) is 30.1 Å². The molecule has 1 aromatic rings. The van der Waals surface area contributed by atoms with Crippen molar-refractivity contribution < 1.29 is 4.74 Å². The van der Waals surface area contributed by atoms with Crippen molar-refractivity contribution in [3.8, 4) is 5.75 Å². The van der Waals surface area contributed by atoms with E-state index in [0.717, 1.165) is 6.42 Å². The average Bonchev–Trinajstić information content (AvgIpc) is 2.12. The lowest BCUT2D eigenvalue weighted by atomic mass is 10.3. The van der Waals surface area contributed by atoms with E-state index in [1.165, 1.54) is 0 Å². The van der Waals surface area contributed by atoms with E-state index in [-0.39, 0.29) is 0 Å². The minimum Gasteiger partial charge on any atom is -0.465 e. The summed E-state index contributed by atoms with van der Waals surface area (Å²) in [6, 6.07) is 5.16. The van der Waals surface area contributed by atoms with Gasteiger partial charge in [0.2, 0.25) is 0 Å². The molecule has 0 heterocycles. The Morgan fingerprint density at radius 2 is 2.08 bits per heavy atom. The summed E-state index contributed by atoms with van der Waals surface area (Å²) in [5, 5.41) is 1.04. The van der Waals surface area contributed by atoms with E-state index >= 15 is 0 Å². The molecule has 0 aromatic heterocycles. The zero-order chi connectivity index (χ0) is 9.68. The molecule has 0 aliphatic rings. The summed E-state index contributed by atoms with van der Waals surface area (Å²) in [7, 11) is 0. The van der Waals surface area contributed by atoms with Gasteiger partial charge in [0.05, 0.1) is 16.3 Å². The second-order valence-corrected chi connectivity index (χ2v) is 3.29. The van der Waals surface area contributed by atoms with Crippen molar-refractivity contribution in [2.45, 2.75) is 13.3 Å². The SMILES string of the molecule is CC/C=C/Oc1ccc(Cl)c(Cl)c1. The fourth-order valence-corrected chi connectivity index (χ4v) is 1.06. The number of rotatable bonds is 3. The molecule has 1 nitrogen and oxygen atoms in total. The lowest BCUT2D eigenvalue weighted by Crippen LogP contribution is -1.81. The van der Waals surface area contributed by atoms with Crippen molar-refractivity contribution in [2.24, 2.45) is 0 Å². The molecule has 1 aromatic carbocycles. The molecule has 0 N–H and O–H groups in total. The Balaban J connectivity index is 2.68. The first kappa shape index (κ1) is 10.4. The van der Waals surface area contributed by atoms with Crippen molar-refractivity contribution in [3.05, 3.63) is 40.6 Å². The van der Waals surface area contributed by atoms with Crippen molar-refractivity contribution in [1.29, 1.82) is 0 Å². The van der Waals surface area contributed by atoms with Crippen LogP contribution in [0.2, 0.25) is 10.0 Å². The summed E-state index contributed by atoms with van der Waals surface area (Å²) in [6.07, 6.45) is 4.50. The first-order valence-corrected chi connectivity index (χ1v) is 4.76. The Kier molecular flexibility index (Phi) is 4.13. The Hall–Kier alpha value is -0.660. The number of hydrogen-bond acceptors (Lipinski definition) is 1. The van der Waals surface area contributed by atoms with Crippen LogP contribution in [0.1, 0.15) is 13.3 Å². The molecule has 3 heteroatoms. The van der Waals surface area contributed by atoms with Crippen molar-refractivity contribution >= 4 is 23.2 Å². The maximum absolute atomic E-state index is 5.79. The van der Waals surface area contributed by atoms with Gasteiger partial charge in [0.15, 0.2) is 0 Å². The Morgan fingerprint density at radius 1 is 1.31 bits per heavy atom. The van der Waals surface area contributed by atoms with Gasteiger partial charge in [0, 0.05) is 6.07 Å². The summed E-state index contributed by atoms with van der Waals surface area (Å²) in [5.74, 6) is 0.694. The van der Waals surface area contributed by atoms with Crippen LogP contribution in [-0.2, 0) is 0 Å². The van der Waals surface area contributed by atoms with Gasteiger partial charge in [-0.25, -0.2) is 0 Å². The fourth-order valence-electron chi connectivity index (χ4n) is 0.773. The molecule has 0 unspecified atom stereocenters. The Labute approximate surface area is 87.9 Å². The van der Waals surface area contributed by atoms with Crippen molar-refractivity contribution in [3.63, 3.8) is 0 Å². The summed E-state index contributed by atoms with van der Waals surface area (Å²) in [4.78, 5) is 0. The second-order valence-electron chi connectivity index (χ2n) is 2.47. The molecule has 0 fully saturated rings. The first-order chi connectivity index (χ1) is 6.24. The van der Waals surface area contributed by atoms with E-state index in [0.29, 0.717) is 15.8 Å². The maximum Gasteiger partial charge on any atom is 0.128 e. The van der Waals surface area contributed by atoms with Gasteiger partial charge in [-0.2, -0.15) is 0 Å². The molecule has 0 amide bonds. The molecule has 0 aliphatic carbocycles. The minimum atomic E-state index is 0.504.